The molecule has 0 spiro atoms. The lowest BCUT2D eigenvalue weighted by Gasteiger charge is -2.07. The van der Waals surface area contributed by atoms with Gasteiger partial charge in [0.2, 0.25) is 5.76 Å². The average molecular weight is 295 g/mol. The zero-order chi connectivity index (χ0) is 12.3. The first-order chi connectivity index (χ1) is 8.20. The van der Waals surface area contributed by atoms with Crippen molar-refractivity contribution in [3.05, 3.63) is 52.1 Å². The van der Waals surface area contributed by atoms with Crippen molar-refractivity contribution in [2.24, 2.45) is 0 Å². The zero-order valence-electron chi connectivity index (χ0n) is 8.71. The molecule has 0 atom stereocenters. The Morgan fingerprint density at radius 2 is 2.18 bits per heavy atom. The van der Waals surface area contributed by atoms with E-state index in [1.165, 1.54) is 6.07 Å². The van der Waals surface area contributed by atoms with E-state index in [0.717, 1.165) is 0 Å². The van der Waals surface area contributed by atoms with Gasteiger partial charge in [-0.3, -0.25) is 0 Å². The fourth-order valence-electron chi connectivity index (χ4n) is 1.38. The van der Waals surface area contributed by atoms with E-state index in [1.807, 2.05) is 6.07 Å². The van der Waals surface area contributed by atoms with Crippen molar-refractivity contribution in [3.8, 4) is 6.07 Å². The number of hydrogen-bond acceptors (Lipinski definition) is 3. The normalized spacial score (nSPS) is 9.94. The first-order valence-electron chi connectivity index (χ1n) is 4.87. The van der Waals surface area contributed by atoms with E-state index in [1.54, 1.807) is 24.3 Å². The van der Waals surface area contributed by atoms with Crippen LogP contribution in [-0.4, -0.2) is 0 Å². The molecule has 0 bridgehead atoms. The topological polar surface area (TPSA) is 49.0 Å². The highest BCUT2D eigenvalue weighted by atomic mass is 79.9. The predicted octanol–water partition coefficient (Wildman–Crippen LogP) is 3.66. The molecule has 0 saturated carbocycles. The molecule has 1 aromatic heterocycles. The van der Waals surface area contributed by atoms with Gasteiger partial charge in [0, 0.05) is 4.47 Å². The maximum Gasteiger partial charge on any atom is 0.203 e. The number of rotatable bonds is 3. The van der Waals surface area contributed by atoms with Crippen molar-refractivity contribution in [3.63, 3.8) is 0 Å². The molecule has 0 amide bonds. The molecular formula is C12H8BrFN2O. The molecule has 0 aliphatic carbocycles. The molecule has 0 fully saturated rings. The van der Waals surface area contributed by atoms with Gasteiger partial charge in [0.15, 0.2) is 0 Å². The van der Waals surface area contributed by atoms with Crippen LogP contribution in [-0.2, 0) is 6.54 Å². The molecule has 0 aliphatic heterocycles. The van der Waals surface area contributed by atoms with Crippen LogP contribution in [0.15, 0.2) is 39.2 Å². The highest BCUT2D eigenvalue weighted by molar-refractivity contribution is 9.10. The molecular weight excluding hydrogens is 287 g/mol. The van der Waals surface area contributed by atoms with Crippen LogP contribution in [0.1, 0.15) is 11.5 Å². The van der Waals surface area contributed by atoms with Gasteiger partial charge >= 0.3 is 0 Å². The van der Waals surface area contributed by atoms with Gasteiger partial charge in [-0.25, -0.2) is 4.39 Å². The summed E-state index contributed by atoms with van der Waals surface area (Å²) in [7, 11) is 0. The minimum atomic E-state index is -0.341. The van der Waals surface area contributed by atoms with Crippen LogP contribution in [0.4, 0.5) is 10.1 Å². The molecule has 0 aliphatic rings. The minimum absolute atomic E-state index is 0.245. The Labute approximate surface area is 106 Å². The lowest BCUT2D eigenvalue weighted by atomic mass is 10.3. The van der Waals surface area contributed by atoms with Crippen LogP contribution in [0.3, 0.4) is 0 Å². The van der Waals surface area contributed by atoms with Gasteiger partial charge in [0.05, 0.1) is 12.2 Å². The number of benzene rings is 1. The quantitative estimate of drug-likeness (QED) is 0.940. The van der Waals surface area contributed by atoms with Gasteiger partial charge in [0.1, 0.15) is 17.6 Å². The first kappa shape index (κ1) is 11.7. The fraction of sp³-hybridized carbons (Fsp3) is 0.0833. The summed E-state index contributed by atoms with van der Waals surface area (Å²) in [6.45, 7) is 0.321. The number of nitriles is 1. The molecule has 2 rings (SSSR count). The summed E-state index contributed by atoms with van der Waals surface area (Å²) in [5, 5.41) is 11.5. The van der Waals surface area contributed by atoms with Gasteiger partial charge < -0.3 is 9.73 Å². The smallest absolute Gasteiger partial charge is 0.203 e. The van der Waals surface area contributed by atoms with Crippen LogP contribution in [0, 0.1) is 17.1 Å². The maximum absolute atomic E-state index is 13.4. The number of para-hydroxylation sites is 1. The van der Waals surface area contributed by atoms with E-state index in [2.05, 4.69) is 21.2 Å². The van der Waals surface area contributed by atoms with Crippen molar-refractivity contribution < 1.29 is 8.81 Å². The Hall–Kier alpha value is -1.80. The summed E-state index contributed by atoms with van der Waals surface area (Å²) >= 11 is 3.25. The Balaban J connectivity index is 2.10. The summed E-state index contributed by atoms with van der Waals surface area (Å²) in [6.07, 6.45) is 0. The highest BCUT2D eigenvalue weighted by Gasteiger charge is 2.07. The van der Waals surface area contributed by atoms with Crippen LogP contribution in [0.25, 0.3) is 0 Å². The van der Waals surface area contributed by atoms with Crippen LogP contribution in [0.5, 0.6) is 0 Å². The predicted molar refractivity (Wildman–Crippen MR) is 64.8 cm³/mol. The number of furan rings is 1. The van der Waals surface area contributed by atoms with E-state index in [9.17, 15) is 4.39 Å². The number of hydrogen-bond donors (Lipinski definition) is 1. The summed E-state index contributed by atoms with van der Waals surface area (Å²) in [4.78, 5) is 0. The number of nitrogens with one attached hydrogen (secondary N) is 1. The fourth-order valence-corrected chi connectivity index (χ4v) is 1.86. The lowest BCUT2D eigenvalue weighted by Crippen LogP contribution is -2.01. The van der Waals surface area contributed by atoms with Gasteiger partial charge in [-0.2, -0.15) is 5.26 Å². The molecule has 0 unspecified atom stereocenters. The van der Waals surface area contributed by atoms with Crippen LogP contribution < -0.4 is 5.32 Å². The zero-order valence-corrected chi connectivity index (χ0v) is 10.3. The Morgan fingerprint density at radius 1 is 1.35 bits per heavy atom. The molecule has 1 heterocycles. The van der Waals surface area contributed by atoms with Crippen molar-refractivity contribution in [2.75, 3.05) is 5.32 Å². The van der Waals surface area contributed by atoms with Crippen LogP contribution >= 0.6 is 15.9 Å². The van der Waals surface area contributed by atoms with Crippen molar-refractivity contribution in [2.45, 2.75) is 6.54 Å². The lowest BCUT2D eigenvalue weighted by molar-refractivity contribution is 0.505. The first-order valence-corrected chi connectivity index (χ1v) is 5.66. The van der Waals surface area contributed by atoms with Crippen molar-refractivity contribution in [1.29, 1.82) is 5.26 Å². The number of nitrogens with zero attached hydrogens (tertiary/aromatic N) is 1. The third kappa shape index (κ3) is 2.66. The summed E-state index contributed by atoms with van der Waals surface area (Å²) in [5.74, 6) is 0.484. The molecule has 1 N–H and O–H groups in total. The second kappa shape index (κ2) is 5.02. The monoisotopic (exact) mass is 294 g/mol. The van der Waals surface area contributed by atoms with E-state index in [-0.39, 0.29) is 11.6 Å². The molecule has 17 heavy (non-hydrogen) atoms. The van der Waals surface area contributed by atoms with Crippen molar-refractivity contribution >= 4 is 21.6 Å². The molecule has 2 aromatic rings. The van der Waals surface area contributed by atoms with E-state index >= 15 is 0 Å². The largest absolute Gasteiger partial charge is 0.449 e. The van der Waals surface area contributed by atoms with E-state index < -0.39 is 0 Å². The SMILES string of the molecule is N#Cc1ccc(CNc2c(F)cccc2Br)o1. The van der Waals surface area contributed by atoms with Crippen LogP contribution in [0.2, 0.25) is 0 Å². The van der Waals surface area contributed by atoms with Gasteiger partial charge in [-0.1, -0.05) is 6.07 Å². The Bertz CT molecular complexity index is 554. The van der Waals surface area contributed by atoms with E-state index in [0.29, 0.717) is 22.5 Å². The van der Waals surface area contributed by atoms with E-state index in [4.69, 9.17) is 9.68 Å². The highest BCUT2D eigenvalue weighted by Crippen LogP contribution is 2.25. The van der Waals surface area contributed by atoms with Gasteiger partial charge in [-0.05, 0) is 40.2 Å². The third-order valence-corrected chi connectivity index (χ3v) is 2.83. The van der Waals surface area contributed by atoms with Gasteiger partial charge in [0.25, 0.3) is 0 Å². The molecule has 86 valence electrons. The number of halogens is 2. The number of anilines is 1. The summed E-state index contributed by atoms with van der Waals surface area (Å²) in [6, 6.07) is 9.88. The summed E-state index contributed by atoms with van der Waals surface area (Å²) in [5.41, 5.74) is 0.377. The molecule has 3 nitrogen and oxygen atoms in total. The van der Waals surface area contributed by atoms with Crippen molar-refractivity contribution in [1.82, 2.24) is 0 Å². The Morgan fingerprint density at radius 3 is 2.82 bits per heavy atom. The molecule has 0 saturated heterocycles. The molecule has 1 aromatic carbocycles. The molecule has 5 heteroatoms. The standard InChI is InChI=1S/C12H8BrFN2O/c13-10-2-1-3-11(14)12(10)16-7-9-5-4-8(6-15)17-9/h1-5,16H,7H2. The second-order valence-electron chi connectivity index (χ2n) is 3.33. The minimum Gasteiger partial charge on any atom is -0.449 e. The maximum atomic E-state index is 13.4. The molecule has 0 radical (unpaired) electrons. The summed E-state index contributed by atoms with van der Waals surface area (Å²) < 4.78 is 19.3. The average Bonchev–Trinajstić information content (AvgIpc) is 2.76. The van der Waals surface area contributed by atoms with Gasteiger partial charge in [-0.15, -0.1) is 0 Å². The Kier molecular flexibility index (Phi) is 3.45. The third-order valence-electron chi connectivity index (χ3n) is 2.17. The second-order valence-corrected chi connectivity index (χ2v) is 4.18.